The van der Waals surface area contributed by atoms with Gasteiger partial charge in [-0.2, -0.15) is 0 Å². The smallest absolute Gasteiger partial charge is 0.262 e. The lowest BCUT2D eigenvalue weighted by atomic mass is 10.2. The highest BCUT2D eigenvalue weighted by Gasteiger charge is 2.20. The van der Waals surface area contributed by atoms with Crippen LogP contribution in [0.15, 0.2) is 29.3 Å². The molecular formula is C22H25N7O6. The number of hydrogen-bond acceptors (Lipinski definition) is 10. The van der Waals surface area contributed by atoms with E-state index in [9.17, 15) is 14.4 Å². The van der Waals surface area contributed by atoms with Crippen molar-refractivity contribution in [3.05, 3.63) is 40.4 Å². The first-order valence-electron chi connectivity index (χ1n) is 10.8. The lowest BCUT2D eigenvalue weighted by molar-refractivity contribution is -0.135. The first kappa shape index (κ1) is 23.9. The Morgan fingerprint density at radius 1 is 1.20 bits per heavy atom. The van der Waals surface area contributed by atoms with E-state index < -0.39 is 11.5 Å². The van der Waals surface area contributed by atoms with E-state index in [2.05, 4.69) is 20.3 Å². The number of hydrogen-bond donors (Lipinski definition) is 2. The van der Waals surface area contributed by atoms with E-state index in [0.29, 0.717) is 32.1 Å². The molecule has 1 aliphatic heterocycles. The minimum absolute atomic E-state index is 0.0118. The topological polar surface area (TPSA) is 164 Å². The Labute approximate surface area is 199 Å². The van der Waals surface area contributed by atoms with Crippen molar-refractivity contribution >= 4 is 34.6 Å². The van der Waals surface area contributed by atoms with Gasteiger partial charge in [-0.05, 0) is 12.1 Å². The second-order valence-electron chi connectivity index (χ2n) is 7.67. The molecule has 2 amide bonds. The van der Waals surface area contributed by atoms with Crippen molar-refractivity contribution < 1.29 is 23.8 Å². The summed E-state index contributed by atoms with van der Waals surface area (Å²) in [5.41, 5.74) is 5.41. The van der Waals surface area contributed by atoms with E-state index in [-0.39, 0.29) is 53.0 Å². The van der Waals surface area contributed by atoms with Crippen molar-refractivity contribution in [1.82, 2.24) is 24.4 Å². The first-order chi connectivity index (χ1) is 16.9. The summed E-state index contributed by atoms with van der Waals surface area (Å²) < 4.78 is 17.8. The van der Waals surface area contributed by atoms with Gasteiger partial charge in [-0.15, -0.1) is 0 Å². The van der Waals surface area contributed by atoms with Crippen LogP contribution in [-0.2, 0) is 16.6 Å². The fourth-order valence-electron chi connectivity index (χ4n) is 3.56. The van der Waals surface area contributed by atoms with E-state index in [1.165, 1.54) is 31.1 Å². The summed E-state index contributed by atoms with van der Waals surface area (Å²) in [7, 11) is 2.90. The van der Waals surface area contributed by atoms with Crippen molar-refractivity contribution in [1.29, 1.82) is 0 Å². The third-order valence-electron chi connectivity index (χ3n) is 5.47. The van der Waals surface area contributed by atoms with E-state index in [4.69, 9.17) is 19.9 Å². The number of carbonyl (C=O) groups excluding carboxylic acids is 2. The predicted molar refractivity (Wildman–Crippen MR) is 125 cm³/mol. The Morgan fingerprint density at radius 3 is 2.60 bits per heavy atom. The van der Waals surface area contributed by atoms with Gasteiger partial charge in [0.2, 0.25) is 17.8 Å². The van der Waals surface area contributed by atoms with Gasteiger partial charge in [0.1, 0.15) is 5.52 Å². The summed E-state index contributed by atoms with van der Waals surface area (Å²) in [6.45, 7) is 2.28. The quantitative estimate of drug-likeness (QED) is 0.474. The van der Waals surface area contributed by atoms with E-state index in [1.54, 1.807) is 17.0 Å². The molecule has 0 bridgehead atoms. The van der Waals surface area contributed by atoms with Gasteiger partial charge in [0.05, 0.1) is 44.3 Å². The average Bonchev–Trinajstić information content (AvgIpc) is 2.87. The molecule has 2 aromatic heterocycles. The number of methoxy groups -OCH3 is 1. The second-order valence-corrected chi connectivity index (χ2v) is 7.67. The fourth-order valence-corrected chi connectivity index (χ4v) is 3.56. The van der Waals surface area contributed by atoms with Gasteiger partial charge in [0, 0.05) is 32.5 Å². The highest BCUT2D eigenvalue weighted by atomic mass is 16.5. The van der Waals surface area contributed by atoms with Gasteiger partial charge in [0.15, 0.2) is 11.5 Å². The maximum atomic E-state index is 12.9. The van der Waals surface area contributed by atoms with E-state index >= 15 is 0 Å². The largest absolute Gasteiger partial charge is 0.491 e. The Morgan fingerprint density at radius 2 is 1.91 bits per heavy atom. The summed E-state index contributed by atoms with van der Waals surface area (Å²) in [4.78, 5) is 51.7. The van der Waals surface area contributed by atoms with Crippen LogP contribution in [0.25, 0.3) is 10.9 Å². The van der Waals surface area contributed by atoms with Gasteiger partial charge >= 0.3 is 0 Å². The molecule has 0 atom stereocenters. The Hall–Kier alpha value is -4.26. The minimum Gasteiger partial charge on any atom is -0.491 e. The fraction of sp³-hybridized carbons (Fsp3) is 0.364. The Kier molecular flexibility index (Phi) is 7.06. The minimum atomic E-state index is -0.570. The SMILES string of the molecule is COc1c(OCCC(=O)N2CCOCC2)ccc2c(=O)n(C)c(NC(=O)c3cnc(N)nc3)nc12. The normalized spacial score (nSPS) is 13.5. The van der Waals surface area contributed by atoms with Gasteiger partial charge in [-0.25, -0.2) is 15.0 Å². The number of benzene rings is 1. The number of ether oxygens (including phenoxy) is 3. The predicted octanol–water partition coefficient (Wildman–Crippen LogP) is 0.194. The Bertz CT molecular complexity index is 1300. The van der Waals surface area contributed by atoms with Crippen LogP contribution >= 0.6 is 0 Å². The molecule has 3 heterocycles. The summed E-state index contributed by atoms with van der Waals surface area (Å²) in [5.74, 6) is -0.0504. The summed E-state index contributed by atoms with van der Waals surface area (Å²) in [6.07, 6.45) is 2.71. The van der Waals surface area contributed by atoms with Gasteiger partial charge < -0.3 is 24.8 Å². The molecule has 0 unspecified atom stereocenters. The lowest BCUT2D eigenvalue weighted by Gasteiger charge is -2.26. The lowest BCUT2D eigenvalue weighted by Crippen LogP contribution is -2.41. The van der Waals surface area contributed by atoms with Crippen LogP contribution in [0.2, 0.25) is 0 Å². The van der Waals surface area contributed by atoms with Crippen LogP contribution in [0.1, 0.15) is 16.8 Å². The Balaban J connectivity index is 1.57. The number of morpholine rings is 1. The molecule has 3 N–H and O–H groups in total. The zero-order valence-corrected chi connectivity index (χ0v) is 19.3. The number of nitrogens with one attached hydrogen (secondary N) is 1. The number of amides is 2. The molecule has 0 saturated carbocycles. The number of nitrogens with two attached hydrogens (primary N) is 1. The zero-order valence-electron chi connectivity index (χ0n) is 19.3. The maximum absolute atomic E-state index is 12.9. The number of nitrogen functional groups attached to an aromatic ring is 1. The average molecular weight is 483 g/mol. The van der Waals surface area contributed by atoms with Gasteiger partial charge in [0.25, 0.3) is 11.5 Å². The van der Waals surface area contributed by atoms with Crippen molar-refractivity contribution in [3.63, 3.8) is 0 Å². The third-order valence-corrected chi connectivity index (χ3v) is 5.47. The summed E-state index contributed by atoms with van der Waals surface area (Å²) >= 11 is 0. The molecule has 1 fully saturated rings. The molecule has 0 spiro atoms. The number of anilines is 2. The van der Waals surface area contributed by atoms with Crippen LogP contribution in [0.4, 0.5) is 11.9 Å². The molecule has 184 valence electrons. The van der Waals surface area contributed by atoms with Gasteiger partial charge in [-0.3, -0.25) is 24.3 Å². The molecule has 13 heteroatoms. The highest BCUT2D eigenvalue weighted by molar-refractivity contribution is 6.03. The van der Waals surface area contributed by atoms with Crippen LogP contribution in [0.3, 0.4) is 0 Å². The molecule has 0 radical (unpaired) electrons. The number of rotatable bonds is 7. The number of carbonyl (C=O) groups is 2. The van der Waals surface area contributed by atoms with Gasteiger partial charge in [-0.1, -0.05) is 0 Å². The maximum Gasteiger partial charge on any atom is 0.262 e. The molecule has 3 aromatic rings. The van der Waals surface area contributed by atoms with Crippen molar-refractivity contribution in [2.45, 2.75) is 6.42 Å². The van der Waals surface area contributed by atoms with E-state index in [0.717, 1.165) is 0 Å². The molecule has 1 aliphatic rings. The molecule has 1 saturated heterocycles. The second kappa shape index (κ2) is 10.3. The molecule has 4 rings (SSSR count). The first-order valence-corrected chi connectivity index (χ1v) is 10.8. The molecule has 35 heavy (non-hydrogen) atoms. The molecule has 1 aromatic carbocycles. The van der Waals surface area contributed by atoms with Crippen LogP contribution in [0.5, 0.6) is 11.5 Å². The van der Waals surface area contributed by atoms with Crippen LogP contribution in [0, 0.1) is 0 Å². The molecule has 0 aliphatic carbocycles. The van der Waals surface area contributed by atoms with Crippen molar-refractivity contribution in [2.75, 3.05) is 51.1 Å². The van der Waals surface area contributed by atoms with Crippen LogP contribution in [-0.4, -0.2) is 76.3 Å². The monoisotopic (exact) mass is 483 g/mol. The van der Waals surface area contributed by atoms with Crippen molar-refractivity contribution in [3.8, 4) is 11.5 Å². The highest BCUT2D eigenvalue weighted by Crippen LogP contribution is 2.34. The standard InChI is InChI=1S/C22H25N7O6/c1-28-20(32)14-3-4-15(35-8-5-16(30)29-6-9-34-10-7-29)18(33-2)17(14)26-22(28)27-19(31)13-11-24-21(23)25-12-13/h3-4,11-12H,5-10H2,1-2H3,(H2,23,24,25)(H,26,27,31). The summed E-state index contributed by atoms with van der Waals surface area (Å²) in [6, 6.07) is 3.15. The molecular weight excluding hydrogens is 458 g/mol. The number of nitrogens with zero attached hydrogens (tertiary/aromatic N) is 5. The van der Waals surface area contributed by atoms with Crippen molar-refractivity contribution in [2.24, 2.45) is 7.05 Å². The van der Waals surface area contributed by atoms with E-state index in [1.807, 2.05) is 0 Å². The summed E-state index contributed by atoms with van der Waals surface area (Å²) in [5, 5.41) is 2.85. The molecule has 13 nitrogen and oxygen atoms in total. The number of aromatic nitrogens is 4. The van der Waals surface area contributed by atoms with Crippen LogP contribution < -0.4 is 26.1 Å². The zero-order chi connectivity index (χ0) is 24.9. The third kappa shape index (κ3) is 5.14. The number of fused-ring (bicyclic) bond motifs is 1.